The van der Waals surface area contributed by atoms with Gasteiger partial charge in [-0.05, 0) is 0 Å². The van der Waals surface area contributed by atoms with Crippen LogP contribution in [0.5, 0.6) is 0 Å². The van der Waals surface area contributed by atoms with E-state index in [1.54, 1.807) is 0 Å². The van der Waals surface area contributed by atoms with Crippen molar-refractivity contribution < 1.29 is 9.59 Å². The lowest BCUT2D eigenvalue weighted by Gasteiger charge is -1.98. The smallest absolute Gasteiger partial charge is 0.317 e. The lowest BCUT2D eigenvalue weighted by molar-refractivity contribution is -0.118. The normalized spacial score (nSPS) is 22.1. The van der Waals surface area contributed by atoms with Gasteiger partial charge in [-0.1, -0.05) is 0 Å². The topological polar surface area (TPSA) is 75.2 Å². The van der Waals surface area contributed by atoms with Crippen LogP contribution in [0.25, 0.3) is 0 Å². The second-order valence-electron chi connectivity index (χ2n) is 2.13. The molecule has 1 fully saturated rings. The summed E-state index contributed by atoms with van der Waals surface area (Å²) in [6, 6.07) is -0.622. The Kier molecular flexibility index (Phi) is 1.48. The van der Waals surface area contributed by atoms with Crippen LogP contribution in [0.4, 0.5) is 4.79 Å². The van der Waals surface area contributed by atoms with Gasteiger partial charge in [-0.15, -0.1) is 0 Å². The van der Waals surface area contributed by atoms with Crippen LogP contribution in [0.15, 0.2) is 0 Å². The Labute approximate surface area is 58.2 Å². The molecule has 5 nitrogen and oxygen atoms in total. The summed E-state index contributed by atoms with van der Waals surface area (Å²) in [6.07, 6.45) is 0. The highest BCUT2D eigenvalue weighted by molar-refractivity contribution is 5.90. The summed E-state index contributed by atoms with van der Waals surface area (Å²) in [5.41, 5.74) is 4.92. The van der Waals surface area contributed by atoms with Crippen molar-refractivity contribution >= 4 is 11.9 Å². The number of hydrogen-bond acceptors (Lipinski definition) is 2. The van der Waals surface area contributed by atoms with Gasteiger partial charge in [0.25, 0.3) is 0 Å². The Hall–Kier alpha value is -1.26. The van der Waals surface area contributed by atoms with Gasteiger partial charge in [0, 0.05) is 7.05 Å². The molecule has 1 aliphatic rings. The number of hydrogen-bond donors (Lipinski definition) is 2. The van der Waals surface area contributed by atoms with Gasteiger partial charge in [0.05, 0.1) is 6.54 Å². The first-order chi connectivity index (χ1) is 4.66. The zero-order valence-corrected chi connectivity index (χ0v) is 5.63. The Morgan fingerprint density at radius 2 is 2.30 bits per heavy atom. The van der Waals surface area contributed by atoms with Crippen molar-refractivity contribution in [3.05, 3.63) is 0 Å². The molecule has 56 valence electrons. The van der Waals surface area contributed by atoms with Crippen LogP contribution in [0.2, 0.25) is 0 Å². The van der Waals surface area contributed by atoms with Gasteiger partial charge in [0.2, 0.25) is 5.91 Å². The quantitative estimate of drug-likeness (QED) is 0.438. The van der Waals surface area contributed by atoms with Crippen LogP contribution in [0.1, 0.15) is 0 Å². The largest absolute Gasteiger partial charge is 0.368 e. The summed E-state index contributed by atoms with van der Waals surface area (Å²) in [5.74, 6) is -0.441. The Morgan fingerprint density at radius 1 is 1.70 bits per heavy atom. The zero-order valence-electron chi connectivity index (χ0n) is 5.63. The highest BCUT2D eigenvalue weighted by atomic mass is 16.2. The van der Waals surface area contributed by atoms with Gasteiger partial charge in [0.1, 0.15) is 6.04 Å². The molecule has 0 aromatic rings. The Balaban J connectivity index is 2.38. The fraction of sp³-hybridized carbons (Fsp3) is 0.600. The number of primary amides is 1. The van der Waals surface area contributed by atoms with Crippen molar-refractivity contribution in [1.29, 1.82) is 0 Å². The van der Waals surface area contributed by atoms with Gasteiger partial charge >= 0.3 is 6.03 Å². The Bertz CT molecular complexity index is 180. The Morgan fingerprint density at radius 3 is 2.60 bits per heavy atom. The van der Waals surface area contributed by atoms with Gasteiger partial charge in [-0.25, -0.2) is 4.79 Å². The lowest BCUT2D eigenvalue weighted by atomic mass is 10.5. The predicted octanol–water partition coefficient (Wildman–Crippen LogP) is -1.50. The van der Waals surface area contributed by atoms with Crippen LogP contribution in [0.3, 0.4) is 0 Å². The molecule has 1 atom stereocenters. The van der Waals surface area contributed by atoms with Crippen molar-refractivity contribution in [2.24, 2.45) is 5.73 Å². The molecule has 1 unspecified atom stereocenters. The summed E-state index contributed by atoms with van der Waals surface area (Å²) in [7, 11) is 1.51. The summed E-state index contributed by atoms with van der Waals surface area (Å²) in [4.78, 5) is 22.5. The van der Waals surface area contributed by atoms with Crippen molar-refractivity contribution in [3.8, 4) is 0 Å². The van der Waals surface area contributed by atoms with Crippen molar-refractivity contribution in [1.82, 2.24) is 10.2 Å². The zero-order chi connectivity index (χ0) is 7.72. The molecule has 0 spiro atoms. The first kappa shape index (κ1) is 6.85. The fourth-order valence-corrected chi connectivity index (χ4v) is 0.751. The van der Waals surface area contributed by atoms with E-state index in [9.17, 15) is 9.59 Å². The van der Waals surface area contributed by atoms with Crippen molar-refractivity contribution in [2.45, 2.75) is 6.04 Å². The lowest BCUT2D eigenvalue weighted by Crippen LogP contribution is -2.30. The SMILES string of the molecule is CNC(=O)N1CC1C(N)=O. The number of nitrogens with one attached hydrogen (secondary N) is 1. The van der Waals surface area contributed by atoms with Gasteiger partial charge in [0.15, 0.2) is 0 Å². The number of carbonyl (C=O) groups is 2. The molecule has 0 aliphatic carbocycles. The van der Waals surface area contributed by atoms with E-state index < -0.39 is 5.91 Å². The third-order valence-electron chi connectivity index (χ3n) is 1.42. The van der Waals surface area contributed by atoms with E-state index in [0.717, 1.165) is 0 Å². The molecule has 0 aromatic heterocycles. The number of amides is 3. The number of urea groups is 1. The molecule has 0 aromatic carbocycles. The fourth-order valence-electron chi connectivity index (χ4n) is 0.751. The molecule has 0 radical (unpaired) electrons. The molecule has 0 bridgehead atoms. The average molecular weight is 143 g/mol. The molecule has 1 aliphatic heterocycles. The van der Waals surface area contributed by atoms with E-state index >= 15 is 0 Å². The molecule has 1 heterocycles. The third-order valence-corrected chi connectivity index (χ3v) is 1.42. The van der Waals surface area contributed by atoms with Crippen LogP contribution < -0.4 is 11.1 Å². The van der Waals surface area contributed by atoms with Crippen LogP contribution >= 0.6 is 0 Å². The van der Waals surface area contributed by atoms with Gasteiger partial charge in [-0.2, -0.15) is 0 Å². The highest BCUT2D eigenvalue weighted by Gasteiger charge is 2.42. The maximum Gasteiger partial charge on any atom is 0.317 e. The van der Waals surface area contributed by atoms with Crippen LogP contribution in [0, 0.1) is 0 Å². The molecule has 5 heteroatoms. The van der Waals surface area contributed by atoms with E-state index in [-0.39, 0.29) is 12.1 Å². The monoisotopic (exact) mass is 143 g/mol. The maximum absolute atomic E-state index is 10.7. The number of nitrogens with zero attached hydrogens (tertiary/aromatic N) is 1. The van der Waals surface area contributed by atoms with E-state index in [1.807, 2.05) is 0 Å². The highest BCUT2D eigenvalue weighted by Crippen LogP contribution is 2.15. The van der Waals surface area contributed by atoms with Crippen LogP contribution in [-0.4, -0.2) is 36.5 Å². The molecule has 1 rings (SSSR count). The van der Waals surface area contributed by atoms with E-state index in [1.165, 1.54) is 11.9 Å². The number of carbonyl (C=O) groups excluding carboxylic acids is 2. The number of nitrogens with two attached hydrogens (primary N) is 1. The minimum atomic E-state index is -0.441. The van der Waals surface area contributed by atoms with E-state index in [4.69, 9.17) is 5.73 Å². The summed E-state index contributed by atoms with van der Waals surface area (Å²) >= 11 is 0. The molecule has 10 heavy (non-hydrogen) atoms. The molecule has 3 N–H and O–H groups in total. The van der Waals surface area contributed by atoms with Crippen LogP contribution in [-0.2, 0) is 4.79 Å². The first-order valence-corrected chi connectivity index (χ1v) is 2.94. The second-order valence-corrected chi connectivity index (χ2v) is 2.13. The number of rotatable bonds is 1. The third kappa shape index (κ3) is 1.02. The van der Waals surface area contributed by atoms with Gasteiger partial charge < -0.3 is 16.0 Å². The summed E-state index contributed by atoms with van der Waals surface area (Å²) in [5, 5.41) is 2.39. The maximum atomic E-state index is 10.7. The summed E-state index contributed by atoms with van der Waals surface area (Å²) in [6.45, 7) is 0.453. The first-order valence-electron chi connectivity index (χ1n) is 2.94. The van der Waals surface area contributed by atoms with Gasteiger partial charge in [-0.3, -0.25) is 4.79 Å². The predicted molar refractivity (Wildman–Crippen MR) is 34.1 cm³/mol. The second kappa shape index (κ2) is 2.17. The van der Waals surface area contributed by atoms with E-state index in [2.05, 4.69) is 5.32 Å². The molecule has 3 amide bonds. The minimum Gasteiger partial charge on any atom is -0.368 e. The van der Waals surface area contributed by atoms with Crippen molar-refractivity contribution in [3.63, 3.8) is 0 Å². The minimum absolute atomic E-state index is 0.246. The van der Waals surface area contributed by atoms with Crippen molar-refractivity contribution in [2.75, 3.05) is 13.6 Å². The average Bonchev–Trinajstić information content (AvgIpc) is 2.64. The molecule has 0 saturated carbocycles. The standard InChI is InChI=1S/C5H9N3O2/c1-7-5(10)8-2-3(8)4(6)9/h3H,2H2,1H3,(H2,6,9)(H,7,10). The molecular weight excluding hydrogens is 134 g/mol. The van der Waals surface area contributed by atoms with E-state index in [0.29, 0.717) is 6.54 Å². The summed E-state index contributed by atoms with van der Waals surface area (Å²) < 4.78 is 0. The molecular formula is C5H9N3O2. The molecule has 1 saturated heterocycles.